The molecular weight excluding hydrogens is 657 g/mol. The van der Waals surface area contributed by atoms with Crippen LogP contribution in [0.1, 0.15) is 18.1 Å². The van der Waals surface area contributed by atoms with E-state index in [0.717, 1.165) is 5.56 Å². The average Bonchev–Trinajstić information content (AvgIpc) is 3.36. The molecule has 2 heterocycles. The molecule has 2 unspecified atom stereocenters. The molecule has 0 bridgehead atoms. The number of ether oxygens (including phenoxy) is 1. The molecule has 0 radical (unpaired) electrons. The molecule has 0 spiro atoms. The van der Waals surface area contributed by atoms with Gasteiger partial charge in [0, 0.05) is 18.6 Å². The highest BCUT2D eigenvalue weighted by Gasteiger charge is 2.64. The van der Waals surface area contributed by atoms with Gasteiger partial charge in [-0.05, 0) is 54.4 Å². The summed E-state index contributed by atoms with van der Waals surface area (Å²) in [5, 5.41) is 14.5. The normalized spacial score (nSPS) is 18.6. The van der Waals surface area contributed by atoms with E-state index in [1.54, 1.807) is 60.7 Å². The number of nitro benzene ring substituents is 1. The van der Waals surface area contributed by atoms with Gasteiger partial charge >= 0.3 is 13.8 Å². The third kappa shape index (κ3) is 7.12. The molecule has 48 heavy (non-hydrogen) atoms. The van der Waals surface area contributed by atoms with Crippen molar-refractivity contribution < 1.29 is 37.4 Å². The summed E-state index contributed by atoms with van der Waals surface area (Å²) in [6.07, 6.45) is 0.399. The lowest BCUT2D eigenvalue weighted by molar-refractivity contribution is -0.384. The Morgan fingerprint density at radius 1 is 0.896 bits per heavy atom. The summed E-state index contributed by atoms with van der Waals surface area (Å²) in [4.78, 5) is 40.7. The SMILES string of the molecule is CC(OP(=O)(Oc1ccccc1)Oc1ccccc1)=C(C(=O)OCc1ccc([N+](=O)[O-])cc1)C12NC(=O)C1N=C(Cc1ccccc1)S2. The van der Waals surface area contributed by atoms with Gasteiger partial charge in [0.25, 0.3) is 5.69 Å². The molecule has 1 amide bonds. The Balaban J connectivity index is 1.35. The van der Waals surface area contributed by atoms with Crippen LogP contribution in [0.2, 0.25) is 0 Å². The van der Waals surface area contributed by atoms with Crippen LogP contribution >= 0.6 is 19.6 Å². The number of allylic oxidation sites excluding steroid dienone is 1. The fourth-order valence-corrected chi connectivity index (χ4v) is 7.92. The number of carbonyl (C=O) groups excluding carboxylic acids is 2. The number of nitrogens with zero attached hydrogens (tertiary/aromatic N) is 2. The number of fused-ring (bicyclic) bond motifs is 1. The zero-order valence-electron chi connectivity index (χ0n) is 25.4. The van der Waals surface area contributed by atoms with E-state index in [4.69, 9.17) is 18.3 Å². The van der Waals surface area contributed by atoms with Crippen LogP contribution in [-0.2, 0) is 36.4 Å². The zero-order chi connectivity index (χ0) is 33.7. The van der Waals surface area contributed by atoms with Crippen molar-refractivity contribution >= 4 is 42.2 Å². The minimum atomic E-state index is -4.54. The summed E-state index contributed by atoms with van der Waals surface area (Å²) < 4.78 is 37.5. The Kier molecular flexibility index (Phi) is 9.33. The Labute approximate surface area is 279 Å². The number of para-hydroxylation sites is 2. The van der Waals surface area contributed by atoms with Crippen LogP contribution in [0.3, 0.4) is 0 Å². The van der Waals surface area contributed by atoms with Crippen molar-refractivity contribution in [3.63, 3.8) is 0 Å². The number of rotatable bonds is 13. The Bertz CT molecular complexity index is 1900. The van der Waals surface area contributed by atoms with Gasteiger partial charge in [-0.1, -0.05) is 78.5 Å². The highest BCUT2D eigenvalue weighted by Crippen LogP contribution is 2.55. The van der Waals surface area contributed by atoms with Crippen molar-refractivity contribution in [2.24, 2.45) is 4.99 Å². The van der Waals surface area contributed by atoms with E-state index in [0.29, 0.717) is 17.0 Å². The molecule has 1 N–H and O–H groups in total. The van der Waals surface area contributed by atoms with Crippen LogP contribution in [0.25, 0.3) is 0 Å². The molecule has 0 aromatic heterocycles. The molecule has 0 saturated carbocycles. The van der Waals surface area contributed by atoms with E-state index >= 15 is 0 Å². The fourth-order valence-electron chi connectivity index (χ4n) is 5.10. The number of hydrogen-bond donors (Lipinski definition) is 1. The van der Waals surface area contributed by atoms with Crippen LogP contribution in [0.15, 0.2) is 132 Å². The van der Waals surface area contributed by atoms with E-state index in [-0.39, 0.29) is 35.1 Å². The van der Waals surface area contributed by atoms with Crippen molar-refractivity contribution in [1.29, 1.82) is 0 Å². The Morgan fingerprint density at radius 3 is 2.00 bits per heavy atom. The quantitative estimate of drug-likeness (QED) is 0.0303. The number of β-lactam (4-membered cyclic amide) rings is 1. The molecule has 4 aromatic rings. The Morgan fingerprint density at radius 2 is 1.46 bits per heavy atom. The second kappa shape index (κ2) is 13.8. The summed E-state index contributed by atoms with van der Waals surface area (Å²) in [7, 11) is -4.54. The van der Waals surface area contributed by atoms with Gasteiger partial charge in [-0.3, -0.25) is 19.9 Å². The van der Waals surface area contributed by atoms with Gasteiger partial charge in [-0.2, -0.15) is 4.57 Å². The second-order valence-corrected chi connectivity index (χ2v) is 13.5. The minimum absolute atomic E-state index is 0.119. The van der Waals surface area contributed by atoms with Crippen LogP contribution < -0.4 is 14.4 Å². The zero-order valence-corrected chi connectivity index (χ0v) is 27.1. The smallest absolute Gasteiger partial charge is 0.457 e. The molecule has 2 aliphatic heterocycles. The highest BCUT2D eigenvalue weighted by atomic mass is 32.2. The van der Waals surface area contributed by atoms with Crippen LogP contribution in [0.4, 0.5) is 5.69 Å². The van der Waals surface area contributed by atoms with Crippen LogP contribution in [-0.4, -0.2) is 32.8 Å². The van der Waals surface area contributed by atoms with Crippen LogP contribution in [0, 0.1) is 10.1 Å². The van der Waals surface area contributed by atoms with Gasteiger partial charge in [0.2, 0.25) is 5.91 Å². The summed E-state index contributed by atoms with van der Waals surface area (Å²) in [5.74, 6) is -1.13. The van der Waals surface area contributed by atoms with Gasteiger partial charge in [0.05, 0.1) is 9.97 Å². The van der Waals surface area contributed by atoms with E-state index in [9.17, 15) is 24.3 Å². The fraction of sp³-hybridized carbons (Fsp3) is 0.147. The molecule has 2 aliphatic rings. The molecule has 0 aliphatic carbocycles. The number of non-ortho nitro benzene ring substituents is 1. The maximum Gasteiger partial charge on any atom is 0.646 e. The lowest BCUT2D eigenvalue weighted by Gasteiger charge is -2.43. The first-order valence-electron chi connectivity index (χ1n) is 14.7. The predicted octanol–water partition coefficient (Wildman–Crippen LogP) is 6.78. The highest BCUT2D eigenvalue weighted by molar-refractivity contribution is 8.15. The molecule has 14 heteroatoms. The molecule has 6 rings (SSSR count). The molecule has 12 nitrogen and oxygen atoms in total. The summed E-state index contributed by atoms with van der Waals surface area (Å²) in [6.45, 7) is 1.15. The molecular formula is C34H28N3O9PS. The van der Waals surface area contributed by atoms with E-state index in [1.165, 1.54) is 43.0 Å². The van der Waals surface area contributed by atoms with Crippen molar-refractivity contribution in [3.8, 4) is 11.5 Å². The largest absolute Gasteiger partial charge is 0.646 e. The number of hydrogen-bond acceptors (Lipinski definition) is 11. The monoisotopic (exact) mass is 685 g/mol. The molecule has 244 valence electrons. The lowest BCUT2D eigenvalue weighted by atomic mass is 9.90. The van der Waals surface area contributed by atoms with E-state index in [1.807, 2.05) is 30.3 Å². The summed E-state index contributed by atoms with van der Waals surface area (Å²) in [6, 6.07) is 30.5. The lowest BCUT2D eigenvalue weighted by Crippen LogP contribution is -2.70. The molecule has 4 aromatic carbocycles. The van der Waals surface area contributed by atoms with Gasteiger partial charge in [-0.15, -0.1) is 0 Å². The first-order valence-corrected chi connectivity index (χ1v) is 16.9. The maximum atomic E-state index is 14.3. The second-order valence-electron chi connectivity index (χ2n) is 10.7. The number of nitrogens with one attached hydrogen (secondary N) is 1. The van der Waals surface area contributed by atoms with Crippen molar-refractivity contribution in [1.82, 2.24) is 5.32 Å². The number of esters is 1. The van der Waals surface area contributed by atoms with E-state index < -0.39 is 35.5 Å². The van der Waals surface area contributed by atoms with Gasteiger partial charge in [0.1, 0.15) is 29.4 Å². The average molecular weight is 686 g/mol. The topological polar surface area (TPSA) is 156 Å². The predicted molar refractivity (Wildman–Crippen MR) is 178 cm³/mol. The standard InChI is InChI=1S/C34H28N3O9PS/c1-23(44-47(42,45-27-13-7-3-8-14-27)46-28-15-9-4-10-16-28)30(33(39)43-22-25-17-19-26(20-18-25)37(40)41)34-31(32(38)36-34)35-29(48-34)21-24-11-5-2-6-12-24/h2-20,31H,21-22H2,1H3,(H,36,38). The number of carbonyl (C=O) groups is 2. The minimum Gasteiger partial charge on any atom is -0.457 e. The molecule has 2 atom stereocenters. The number of phosphoric acid groups is 1. The number of benzene rings is 4. The number of amides is 1. The maximum absolute atomic E-state index is 14.3. The summed E-state index contributed by atoms with van der Waals surface area (Å²) in [5.41, 5.74) is 1.15. The van der Waals surface area contributed by atoms with Gasteiger partial charge in [-0.25, -0.2) is 4.79 Å². The third-order valence-electron chi connectivity index (χ3n) is 7.31. The molecule has 1 saturated heterocycles. The number of aliphatic imine (C=N–C) groups is 1. The molecule has 1 fully saturated rings. The number of thioether (sulfide) groups is 1. The summed E-state index contributed by atoms with van der Waals surface area (Å²) >= 11 is 1.17. The van der Waals surface area contributed by atoms with Gasteiger partial charge < -0.3 is 23.6 Å². The van der Waals surface area contributed by atoms with Gasteiger partial charge in [0.15, 0.2) is 10.9 Å². The first kappa shape index (κ1) is 32.5. The van der Waals surface area contributed by atoms with E-state index in [2.05, 4.69) is 10.3 Å². The van der Waals surface area contributed by atoms with Crippen molar-refractivity contribution in [3.05, 3.63) is 148 Å². The number of phosphoric ester groups is 1. The first-order chi connectivity index (χ1) is 23.1. The van der Waals surface area contributed by atoms with Crippen molar-refractivity contribution in [2.75, 3.05) is 0 Å². The third-order valence-corrected chi connectivity index (χ3v) is 10.0. The Hall–Kier alpha value is -5.39. The van der Waals surface area contributed by atoms with Crippen LogP contribution in [0.5, 0.6) is 11.5 Å². The van der Waals surface area contributed by atoms with Crippen molar-refractivity contribution in [2.45, 2.75) is 30.9 Å². The number of nitro groups is 1.